The molecule has 0 saturated heterocycles. The number of carbonyl (C=O) groups is 1. The number of nitrogens with zero attached hydrogens (tertiary/aromatic N) is 4. The van der Waals surface area contributed by atoms with E-state index in [1.807, 2.05) is 42.5 Å². The first kappa shape index (κ1) is 17.6. The van der Waals surface area contributed by atoms with E-state index < -0.39 is 0 Å². The van der Waals surface area contributed by atoms with Crippen molar-refractivity contribution in [2.45, 2.75) is 18.8 Å². The van der Waals surface area contributed by atoms with Gasteiger partial charge in [-0.25, -0.2) is 0 Å². The number of carbonyl (C=O) groups excluding carboxylic acids is 1. The number of aromatic nitrogens is 5. The minimum atomic E-state index is -0.342. The normalized spacial score (nSPS) is 12.0. The molecule has 0 saturated carbocycles. The molecule has 1 atom stereocenters. The lowest BCUT2D eigenvalue weighted by atomic mass is 9.87. The van der Waals surface area contributed by atoms with Gasteiger partial charge in [-0.05, 0) is 40.3 Å². The molecule has 1 unspecified atom stereocenters. The van der Waals surface area contributed by atoms with Crippen molar-refractivity contribution in [3.05, 3.63) is 72.1 Å². The van der Waals surface area contributed by atoms with Crippen molar-refractivity contribution >= 4 is 5.91 Å². The van der Waals surface area contributed by atoms with Gasteiger partial charge in [-0.2, -0.15) is 5.21 Å². The second-order valence-corrected chi connectivity index (χ2v) is 6.55. The van der Waals surface area contributed by atoms with Gasteiger partial charge in [-0.15, -0.1) is 10.2 Å². The number of benzene rings is 2. The van der Waals surface area contributed by atoms with Crippen LogP contribution in [-0.2, 0) is 11.2 Å². The number of hydrogen-bond acceptors (Lipinski definition) is 6. The lowest BCUT2D eigenvalue weighted by Gasteiger charge is -2.17. The van der Waals surface area contributed by atoms with Crippen LogP contribution in [0.25, 0.3) is 22.5 Å². The smallest absolute Gasteiger partial charge is 0.218 e. The van der Waals surface area contributed by atoms with Crippen molar-refractivity contribution in [3.8, 4) is 22.5 Å². The molecule has 0 aliphatic rings. The quantitative estimate of drug-likeness (QED) is 0.512. The first-order chi connectivity index (χ1) is 13.7. The zero-order valence-electron chi connectivity index (χ0n) is 14.9. The molecule has 0 fully saturated rings. The van der Waals surface area contributed by atoms with Crippen LogP contribution in [0.15, 0.2) is 65.5 Å². The Balaban J connectivity index is 1.63. The van der Waals surface area contributed by atoms with Crippen molar-refractivity contribution in [3.63, 3.8) is 0 Å². The van der Waals surface area contributed by atoms with Crippen LogP contribution in [0, 0.1) is 0 Å². The molecule has 2 aromatic carbocycles. The lowest BCUT2D eigenvalue weighted by Crippen LogP contribution is -2.17. The number of amides is 1. The van der Waals surface area contributed by atoms with E-state index >= 15 is 0 Å². The summed E-state index contributed by atoms with van der Waals surface area (Å²) in [5.41, 5.74) is 10.4. The molecule has 0 radical (unpaired) electrons. The van der Waals surface area contributed by atoms with E-state index in [4.69, 9.17) is 10.3 Å². The molecular formula is C20H18N6O2. The van der Waals surface area contributed by atoms with E-state index in [-0.39, 0.29) is 18.2 Å². The predicted octanol–water partition coefficient (Wildman–Crippen LogP) is 2.72. The standard InChI is InChI=1S/C20H18N6O2/c21-19(27)10-17(15-5-2-6-16(9-15)20-23-25-26-24-20)8-13-3-1-4-14(7-13)18-11-22-28-12-18/h1-7,9,11-12,17H,8,10H2,(H2,21,27)(H,23,24,25,26). The number of tetrazole rings is 1. The Hall–Kier alpha value is -3.81. The summed E-state index contributed by atoms with van der Waals surface area (Å²) in [7, 11) is 0. The van der Waals surface area contributed by atoms with E-state index in [9.17, 15) is 4.79 Å². The van der Waals surface area contributed by atoms with Crippen molar-refractivity contribution in [1.29, 1.82) is 0 Å². The number of H-pyrrole nitrogens is 1. The molecule has 3 N–H and O–H groups in total. The molecule has 0 aliphatic carbocycles. The maximum atomic E-state index is 11.7. The summed E-state index contributed by atoms with van der Waals surface area (Å²) >= 11 is 0. The van der Waals surface area contributed by atoms with Crippen LogP contribution in [0.5, 0.6) is 0 Å². The molecule has 8 heteroatoms. The molecule has 0 spiro atoms. The van der Waals surface area contributed by atoms with Crippen LogP contribution in [0.2, 0.25) is 0 Å². The molecule has 140 valence electrons. The summed E-state index contributed by atoms with van der Waals surface area (Å²) in [6.45, 7) is 0. The van der Waals surface area contributed by atoms with Crippen LogP contribution in [-0.4, -0.2) is 31.7 Å². The molecule has 2 heterocycles. The molecule has 2 aromatic heterocycles. The van der Waals surface area contributed by atoms with Gasteiger partial charge in [0.1, 0.15) is 6.26 Å². The van der Waals surface area contributed by atoms with Gasteiger partial charge in [-0.3, -0.25) is 4.79 Å². The van der Waals surface area contributed by atoms with Gasteiger partial charge in [0.15, 0.2) is 0 Å². The van der Waals surface area contributed by atoms with Crippen LogP contribution in [0.1, 0.15) is 23.5 Å². The number of nitrogens with one attached hydrogen (secondary N) is 1. The molecule has 4 aromatic rings. The van der Waals surface area contributed by atoms with Crippen molar-refractivity contribution < 1.29 is 9.32 Å². The Labute approximate surface area is 160 Å². The molecular weight excluding hydrogens is 356 g/mol. The van der Waals surface area contributed by atoms with E-state index in [1.54, 1.807) is 12.5 Å². The maximum absolute atomic E-state index is 11.7. The predicted molar refractivity (Wildman–Crippen MR) is 102 cm³/mol. The average Bonchev–Trinajstić information content (AvgIpc) is 3.42. The molecule has 28 heavy (non-hydrogen) atoms. The second-order valence-electron chi connectivity index (χ2n) is 6.55. The summed E-state index contributed by atoms with van der Waals surface area (Å²) in [6, 6.07) is 15.9. The third-order valence-electron chi connectivity index (χ3n) is 4.58. The summed E-state index contributed by atoms with van der Waals surface area (Å²) in [4.78, 5) is 11.7. The highest BCUT2D eigenvalue weighted by Crippen LogP contribution is 2.29. The van der Waals surface area contributed by atoms with Gasteiger partial charge >= 0.3 is 0 Å². The number of primary amides is 1. The maximum Gasteiger partial charge on any atom is 0.218 e. The Morgan fingerprint density at radius 2 is 1.96 bits per heavy atom. The SMILES string of the molecule is NC(=O)CC(Cc1cccc(-c2cnoc2)c1)c1cccc(-c2nn[nH]n2)c1. The minimum Gasteiger partial charge on any atom is -0.370 e. The van der Waals surface area contributed by atoms with Crippen LogP contribution >= 0.6 is 0 Å². The van der Waals surface area contributed by atoms with Crippen molar-refractivity contribution in [2.75, 3.05) is 0 Å². The third kappa shape index (κ3) is 3.96. The third-order valence-corrected chi connectivity index (χ3v) is 4.58. The first-order valence-electron chi connectivity index (χ1n) is 8.80. The van der Waals surface area contributed by atoms with Crippen molar-refractivity contribution in [2.24, 2.45) is 5.73 Å². The fourth-order valence-corrected chi connectivity index (χ4v) is 3.28. The zero-order chi connectivity index (χ0) is 19.3. The topological polar surface area (TPSA) is 124 Å². The highest BCUT2D eigenvalue weighted by atomic mass is 16.5. The second kappa shape index (κ2) is 7.83. The Bertz CT molecular complexity index is 1060. The van der Waals surface area contributed by atoms with Crippen LogP contribution < -0.4 is 5.73 Å². The Morgan fingerprint density at radius 3 is 2.71 bits per heavy atom. The molecule has 1 amide bonds. The zero-order valence-corrected chi connectivity index (χ0v) is 14.9. The van der Waals surface area contributed by atoms with Gasteiger partial charge in [0.2, 0.25) is 11.7 Å². The minimum absolute atomic E-state index is 0.0675. The van der Waals surface area contributed by atoms with Gasteiger partial charge in [-0.1, -0.05) is 47.6 Å². The van der Waals surface area contributed by atoms with Crippen LogP contribution in [0.3, 0.4) is 0 Å². The molecule has 4 rings (SSSR count). The Kier molecular flexibility index (Phi) is 4.92. The van der Waals surface area contributed by atoms with Gasteiger partial charge < -0.3 is 10.3 Å². The summed E-state index contributed by atoms with van der Waals surface area (Å²) in [6.07, 6.45) is 4.19. The lowest BCUT2D eigenvalue weighted by molar-refractivity contribution is -0.118. The molecule has 8 nitrogen and oxygen atoms in total. The molecule has 0 bridgehead atoms. The van der Waals surface area contributed by atoms with Crippen LogP contribution in [0.4, 0.5) is 0 Å². The van der Waals surface area contributed by atoms with E-state index in [0.29, 0.717) is 12.2 Å². The monoisotopic (exact) mass is 374 g/mol. The number of nitrogens with two attached hydrogens (primary N) is 1. The fraction of sp³-hybridized carbons (Fsp3) is 0.150. The first-order valence-corrected chi connectivity index (χ1v) is 8.80. The number of hydrogen-bond donors (Lipinski definition) is 2. The summed E-state index contributed by atoms with van der Waals surface area (Å²) in [5.74, 6) is 0.0985. The van der Waals surface area contributed by atoms with Crippen molar-refractivity contribution in [1.82, 2.24) is 25.8 Å². The highest BCUT2D eigenvalue weighted by molar-refractivity contribution is 5.75. The van der Waals surface area contributed by atoms with E-state index in [1.165, 1.54) is 0 Å². The fourth-order valence-electron chi connectivity index (χ4n) is 3.28. The summed E-state index contributed by atoms with van der Waals surface area (Å²) in [5, 5.41) is 17.8. The largest absolute Gasteiger partial charge is 0.370 e. The number of aromatic amines is 1. The Morgan fingerprint density at radius 1 is 1.11 bits per heavy atom. The highest BCUT2D eigenvalue weighted by Gasteiger charge is 2.17. The van der Waals surface area contributed by atoms with E-state index in [2.05, 4.69) is 31.8 Å². The van der Waals surface area contributed by atoms with E-state index in [0.717, 1.165) is 27.8 Å². The summed E-state index contributed by atoms with van der Waals surface area (Å²) < 4.78 is 4.93. The van der Waals surface area contributed by atoms with Gasteiger partial charge in [0.05, 0.1) is 6.20 Å². The molecule has 0 aliphatic heterocycles. The number of rotatable bonds is 7. The average molecular weight is 374 g/mol. The van der Waals surface area contributed by atoms with Gasteiger partial charge in [0, 0.05) is 17.5 Å². The van der Waals surface area contributed by atoms with Gasteiger partial charge in [0.25, 0.3) is 0 Å².